The monoisotopic (exact) mass is 266 g/mol. The molecule has 0 spiro atoms. The highest BCUT2D eigenvalue weighted by atomic mass is 19.4. The molecule has 0 aliphatic rings. The van der Waals surface area contributed by atoms with Gasteiger partial charge in [-0.3, -0.25) is 0 Å². The Morgan fingerprint density at radius 2 is 1.95 bits per heavy atom. The Kier molecular flexibility index (Phi) is 3.02. The lowest BCUT2D eigenvalue weighted by Gasteiger charge is -2.11. The first-order chi connectivity index (χ1) is 8.82. The van der Waals surface area contributed by atoms with Gasteiger partial charge in [0.25, 0.3) is 0 Å². The maximum Gasteiger partial charge on any atom is 0.417 e. The van der Waals surface area contributed by atoms with E-state index in [4.69, 9.17) is 5.26 Å². The van der Waals surface area contributed by atoms with Crippen LogP contribution >= 0.6 is 0 Å². The van der Waals surface area contributed by atoms with Crippen molar-refractivity contribution in [3.8, 4) is 11.8 Å². The maximum atomic E-state index is 12.8. The zero-order valence-electron chi connectivity index (χ0n) is 10.2. The van der Waals surface area contributed by atoms with Crippen LogP contribution in [0.5, 0.6) is 0 Å². The van der Waals surface area contributed by atoms with Gasteiger partial charge in [0.1, 0.15) is 11.6 Å². The molecule has 0 unspecified atom stereocenters. The van der Waals surface area contributed by atoms with E-state index in [0.29, 0.717) is 11.6 Å². The Bertz CT molecular complexity index is 665. The Balaban J connectivity index is 2.62. The van der Waals surface area contributed by atoms with Crippen LogP contribution in [-0.2, 0) is 6.18 Å². The molecule has 19 heavy (non-hydrogen) atoms. The van der Waals surface area contributed by atoms with E-state index in [9.17, 15) is 13.2 Å². The molecule has 0 atom stereocenters. The Morgan fingerprint density at radius 3 is 2.42 bits per heavy atom. The minimum atomic E-state index is -4.58. The fourth-order valence-corrected chi connectivity index (χ4v) is 1.76. The van der Waals surface area contributed by atoms with Gasteiger partial charge in [-0.2, -0.15) is 23.5 Å². The molecule has 2 rings (SSSR count). The summed E-state index contributed by atoms with van der Waals surface area (Å²) in [6.45, 7) is 3.29. The van der Waals surface area contributed by atoms with Gasteiger partial charge in [0, 0.05) is 0 Å². The molecule has 0 saturated carbocycles. The van der Waals surface area contributed by atoms with E-state index < -0.39 is 17.3 Å². The summed E-state index contributed by atoms with van der Waals surface area (Å²) in [5.41, 5.74) is -1.16. The SMILES string of the molecule is Cc1nc(C)n(-c2ccc(C#N)c(C(F)(F)F)c2)n1. The molecule has 0 fully saturated rings. The van der Waals surface area contributed by atoms with Crippen LogP contribution < -0.4 is 0 Å². The van der Waals surface area contributed by atoms with Gasteiger partial charge in [-0.25, -0.2) is 9.67 Å². The number of aromatic nitrogens is 3. The number of rotatable bonds is 1. The van der Waals surface area contributed by atoms with E-state index in [0.717, 1.165) is 12.1 Å². The summed E-state index contributed by atoms with van der Waals surface area (Å²) in [4.78, 5) is 4.03. The third kappa shape index (κ3) is 2.42. The topological polar surface area (TPSA) is 54.5 Å². The molecule has 0 radical (unpaired) electrons. The summed E-state index contributed by atoms with van der Waals surface area (Å²) in [6, 6.07) is 4.98. The fraction of sp³-hybridized carbons (Fsp3) is 0.250. The smallest absolute Gasteiger partial charge is 0.218 e. The predicted molar refractivity (Wildman–Crippen MR) is 60.6 cm³/mol. The van der Waals surface area contributed by atoms with Gasteiger partial charge in [0.05, 0.1) is 22.9 Å². The van der Waals surface area contributed by atoms with Gasteiger partial charge >= 0.3 is 6.18 Å². The highest BCUT2D eigenvalue weighted by molar-refractivity contribution is 5.47. The maximum absolute atomic E-state index is 12.8. The molecule has 0 N–H and O–H groups in total. The van der Waals surface area contributed by atoms with Crippen LogP contribution in [0.15, 0.2) is 18.2 Å². The van der Waals surface area contributed by atoms with E-state index in [1.165, 1.54) is 16.8 Å². The molecule has 0 aliphatic carbocycles. The van der Waals surface area contributed by atoms with Gasteiger partial charge in [-0.15, -0.1) is 0 Å². The van der Waals surface area contributed by atoms with E-state index >= 15 is 0 Å². The zero-order chi connectivity index (χ0) is 14.2. The third-order valence-corrected chi connectivity index (χ3v) is 2.55. The molecule has 0 amide bonds. The van der Waals surface area contributed by atoms with Crippen molar-refractivity contribution in [2.75, 3.05) is 0 Å². The highest BCUT2D eigenvalue weighted by Crippen LogP contribution is 2.33. The molecule has 7 heteroatoms. The summed E-state index contributed by atoms with van der Waals surface area (Å²) in [6.07, 6.45) is -4.58. The van der Waals surface area contributed by atoms with Gasteiger partial charge in [0.2, 0.25) is 0 Å². The molecule has 4 nitrogen and oxygen atoms in total. The Morgan fingerprint density at radius 1 is 1.26 bits per heavy atom. The lowest BCUT2D eigenvalue weighted by atomic mass is 10.1. The normalized spacial score (nSPS) is 11.4. The van der Waals surface area contributed by atoms with Crippen LogP contribution in [0.2, 0.25) is 0 Å². The van der Waals surface area contributed by atoms with Crippen molar-refractivity contribution >= 4 is 0 Å². The number of nitriles is 1. The lowest BCUT2D eigenvalue weighted by Crippen LogP contribution is -2.10. The summed E-state index contributed by atoms with van der Waals surface area (Å²) in [5.74, 6) is 0.950. The quantitative estimate of drug-likeness (QED) is 0.797. The number of aryl methyl sites for hydroxylation is 2. The van der Waals surface area contributed by atoms with Crippen LogP contribution in [0.1, 0.15) is 22.8 Å². The minimum Gasteiger partial charge on any atom is -0.218 e. The van der Waals surface area contributed by atoms with Crippen molar-refractivity contribution < 1.29 is 13.2 Å². The number of hydrogen-bond donors (Lipinski definition) is 0. The standard InChI is InChI=1S/C12H9F3N4/c1-7-17-8(2)19(18-7)10-4-3-9(6-16)11(5-10)12(13,14)15/h3-5H,1-2H3. The van der Waals surface area contributed by atoms with Crippen molar-refractivity contribution in [1.82, 2.24) is 14.8 Å². The van der Waals surface area contributed by atoms with Crippen molar-refractivity contribution in [1.29, 1.82) is 5.26 Å². The van der Waals surface area contributed by atoms with Crippen LogP contribution in [0.25, 0.3) is 5.69 Å². The summed E-state index contributed by atoms with van der Waals surface area (Å²) >= 11 is 0. The van der Waals surface area contributed by atoms with Gasteiger partial charge in [0.15, 0.2) is 0 Å². The van der Waals surface area contributed by atoms with Gasteiger partial charge in [-0.1, -0.05) is 0 Å². The van der Waals surface area contributed by atoms with Crippen LogP contribution in [-0.4, -0.2) is 14.8 Å². The van der Waals surface area contributed by atoms with Crippen molar-refractivity contribution in [3.63, 3.8) is 0 Å². The lowest BCUT2D eigenvalue weighted by molar-refractivity contribution is -0.137. The second-order valence-electron chi connectivity index (χ2n) is 3.96. The van der Waals surface area contributed by atoms with Gasteiger partial charge in [-0.05, 0) is 32.0 Å². The molecule has 0 aliphatic heterocycles. The first-order valence-electron chi connectivity index (χ1n) is 5.35. The second-order valence-corrected chi connectivity index (χ2v) is 3.96. The molecule has 1 aromatic carbocycles. The molecule has 98 valence electrons. The first kappa shape index (κ1) is 13.1. The summed E-state index contributed by atoms with van der Waals surface area (Å²) < 4.78 is 39.8. The van der Waals surface area contributed by atoms with E-state index in [1.807, 2.05) is 0 Å². The fourth-order valence-electron chi connectivity index (χ4n) is 1.76. The van der Waals surface area contributed by atoms with E-state index in [-0.39, 0.29) is 5.69 Å². The number of halogens is 3. The number of alkyl halides is 3. The largest absolute Gasteiger partial charge is 0.417 e. The third-order valence-electron chi connectivity index (χ3n) is 2.55. The Hall–Kier alpha value is -2.36. The summed E-state index contributed by atoms with van der Waals surface area (Å²) in [7, 11) is 0. The van der Waals surface area contributed by atoms with Crippen molar-refractivity contribution in [2.45, 2.75) is 20.0 Å². The van der Waals surface area contributed by atoms with E-state index in [2.05, 4.69) is 10.1 Å². The zero-order valence-corrected chi connectivity index (χ0v) is 10.2. The summed E-state index contributed by atoms with van der Waals surface area (Å²) in [5, 5.41) is 12.7. The minimum absolute atomic E-state index is 0.226. The molecule has 0 bridgehead atoms. The highest BCUT2D eigenvalue weighted by Gasteiger charge is 2.34. The van der Waals surface area contributed by atoms with Crippen LogP contribution in [0.4, 0.5) is 13.2 Å². The molecule has 1 heterocycles. The number of hydrogen-bond acceptors (Lipinski definition) is 3. The number of benzene rings is 1. The average Bonchev–Trinajstić information content (AvgIpc) is 2.66. The number of nitrogens with zero attached hydrogens (tertiary/aromatic N) is 4. The molecule has 0 saturated heterocycles. The van der Waals surface area contributed by atoms with Crippen molar-refractivity contribution in [3.05, 3.63) is 41.0 Å². The molecular formula is C12H9F3N4. The molecule has 1 aromatic heterocycles. The van der Waals surface area contributed by atoms with Crippen LogP contribution in [0, 0.1) is 25.2 Å². The predicted octanol–water partition coefficient (Wildman–Crippen LogP) is 2.77. The first-order valence-corrected chi connectivity index (χ1v) is 5.35. The second kappa shape index (κ2) is 4.39. The van der Waals surface area contributed by atoms with E-state index in [1.54, 1.807) is 13.8 Å². The average molecular weight is 266 g/mol. The van der Waals surface area contributed by atoms with Crippen molar-refractivity contribution in [2.24, 2.45) is 0 Å². The molecular weight excluding hydrogens is 257 g/mol. The van der Waals surface area contributed by atoms with Crippen LogP contribution in [0.3, 0.4) is 0 Å². The van der Waals surface area contributed by atoms with Gasteiger partial charge < -0.3 is 0 Å². The Labute approximate surface area is 107 Å². The molecule has 2 aromatic rings.